The zero-order valence-corrected chi connectivity index (χ0v) is 33.4. The summed E-state index contributed by atoms with van der Waals surface area (Å²) in [4.78, 5) is 2.43. The van der Waals surface area contributed by atoms with Gasteiger partial charge < -0.3 is 9.32 Å². The van der Waals surface area contributed by atoms with E-state index in [1.807, 2.05) is 0 Å². The van der Waals surface area contributed by atoms with Crippen LogP contribution in [-0.2, 0) is 10.8 Å². The summed E-state index contributed by atoms with van der Waals surface area (Å²) >= 11 is 0. The summed E-state index contributed by atoms with van der Waals surface area (Å²) in [5.41, 5.74) is 22.6. The summed E-state index contributed by atoms with van der Waals surface area (Å²) in [7, 11) is 0. The van der Waals surface area contributed by atoms with E-state index in [0.29, 0.717) is 0 Å². The van der Waals surface area contributed by atoms with Gasteiger partial charge in [0.15, 0.2) is 0 Å². The number of hydrogen-bond donors (Lipinski definition) is 0. The van der Waals surface area contributed by atoms with Gasteiger partial charge in [0.2, 0.25) is 0 Å². The second kappa shape index (κ2) is 12.1. The first-order valence-electron chi connectivity index (χ1n) is 21.0. The molecule has 0 radical (unpaired) electrons. The number of rotatable bonds is 4. The van der Waals surface area contributed by atoms with Gasteiger partial charge in [-0.15, -0.1) is 0 Å². The molecule has 0 saturated heterocycles. The fraction of sp³-hybridized carbons (Fsp3) is 0.0690. The van der Waals surface area contributed by atoms with Crippen LogP contribution < -0.4 is 4.90 Å². The summed E-state index contributed by atoms with van der Waals surface area (Å²) in [6.45, 7) is 4.71. The van der Waals surface area contributed by atoms with E-state index in [-0.39, 0.29) is 5.41 Å². The normalized spacial score (nSPS) is 14.4. The smallest absolute Gasteiger partial charge is 0.145 e. The lowest BCUT2D eigenvalue weighted by molar-refractivity contribution is 0.660. The third kappa shape index (κ3) is 4.22. The average Bonchev–Trinajstić information content (AvgIpc) is 4.00. The second-order valence-corrected chi connectivity index (χ2v) is 17.1. The Balaban J connectivity index is 1.10. The van der Waals surface area contributed by atoms with Gasteiger partial charge in [-0.3, -0.25) is 0 Å². The number of hydrogen-bond acceptors (Lipinski definition) is 2. The SMILES string of the molecule is CC1(C)c2ccccc2-c2ccc(N(c3ccccc3)c3ccc(-c4cccc5c4C4(c6ccccc6-c6ccccc64)c4ccccc4-5)c4oc5ccccc5c34)cc21. The van der Waals surface area contributed by atoms with E-state index in [2.05, 4.69) is 219 Å². The van der Waals surface area contributed by atoms with Crippen molar-refractivity contribution >= 4 is 39.0 Å². The topological polar surface area (TPSA) is 16.4 Å². The van der Waals surface area contributed by atoms with Crippen molar-refractivity contribution in [3.63, 3.8) is 0 Å². The van der Waals surface area contributed by atoms with Crippen LogP contribution in [0.3, 0.4) is 0 Å². The molecule has 2 nitrogen and oxygen atoms in total. The molecular weight excluding hydrogens is 727 g/mol. The number of para-hydroxylation sites is 2. The molecule has 0 amide bonds. The lowest BCUT2D eigenvalue weighted by Gasteiger charge is -2.32. The van der Waals surface area contributed by atoms with Gasteiger partial charge in [-0.25, -0.2) is 0 Å². The first-order valence-corrected chi connectivity index (χ1v) is 21.0. The van der Waals surface area contributed by atoms with Gasteiger partial charge in [-0.1, -0.05) is 172 Å². The maximum absolute atomic E-state index is 7.15. The maximum atomic E-state index is 7.15. The summed E-state index contributed by atoms with van der Waals surface area (Å²) < 4.78 is 7.15. The van der Waals surface area contributed by atoms with Crippen LogP contribution in [0.15, 0.2) is 205 Å². The van der Waals surface area contributed by atoms with Crippen LogP contribution in [0.4, 0.5) is 17.1 Å². The van der Waals surface area contributed by atoms with E-state index in [1.54, 1.807) is 0 Å². The number of benzene rings is 9. The van der Waals surface area contributed by atoms with Crippen LogP contribution in [0.1, 0.15) is 47.2 Å². The first-order chi connectivity index (χ1) is 29.5. The molecule has 60 heavy (non-hydrogen) atoms. The van der Waals surface area contributed by atoms with Gasteiger partial charge in [-0.05, 0) is 115 Å². The van der Waals surface area contributed by atoms with Crippen molar-refractivity contribution in [2.45, 2.75) is 24.7 Å². The fourth-order valence-corrected chi connectivity index (χ4v) is 11.4. The molecule has 0 N–H and O–H groups in total. The van der Waals surface area contributed by atoms with E-state index >= 15 is 0 Å². The van der Waals surface area contributed by atoms with E-state index in [9.17, 15) is 0 Å². The number of nitrogens with zero attached hydrogens (tertiary/aromatic N) is 1. The summed E-state index contributed by atoms with van der Waals surface area (Å²) in [6, 6.07) is 74.0. The van der Waals surface area contributed by atoms with Gasteiger partial charge in [0.05, 0.1) is 16.5 Å². The highest BCUT2D eigenvalue weighted by molar-refractivity contribution is 6.18. The third-order valence-corrected chi connectivity index (χ3v) is 13.9. The van der Waals surface area contributed by atoms with Gasteiger partial charge in [0.25, 0.3) is 0 Å². The summed E-state index contributed by atoms with van der Waals surface area (Å²) in [5.74, 6) is 0. The Morgan fingerprint density at radius 1 is 0.383 bits per heavy atom. The van der Waals surface area contributed by atoms with Gasteiger partial charge in [0.1, 0.15) is 11.2 Å². The molecule has 3 aliphatic carbocycles. The van der Waals surface area contributed by atoms with Crippen LogP contribution in [0.25, 0.3) is 66.4 Å². The predicted molar refractivity (Wildman–Crippen MR) is 248 cm³/mol. The zero-order valence-electron chi connectivity index (χ0n) is 33.4. The van der Waals surface area contributed by atoms with Crippen LogP contribution in [-0.4, -0.2) is 0 Å². The highest BCUT2D eigenvalue weighted by Gasteiger charge is 2.52. The minimum Gasteiger partial charge on any atom is -0.455 e. The molecule has 2 heteroatoms. The predicted octanol–water partition coefficient (Wildman–Crippen LogP) is 15.4. The molecular formula is C58H39NO. The summed E-state index contributed by atoms with van der Waals surface area (Å²) in [5, 5.41) is 2.20. The molecule has 0 atom stereocenters. The number of anilines is 3. The Labute approximate surface area is 349 Å². The standard InChI is InChI=1S/C58H39NO/c1-57(2)47-26-11-6-19-38(47)42-32-31-37(35-51(42)57)59(36-17-4-3-5-18-36)52-34-33-45(56-54(52)46-23-10-15-30-53(46)60-56)44-25-16-24-43-41-22-9-14-29-50(41)58(55(43)44)48-27-12-7-20-39(48)40-21-8-13-28-49(40)58/h3-35H,1-2H3. The third-order valence-electron chi connectivity index (χ3n) is 13.9. The Morgan fingerprint density at radius 2 is 0.883 bits per heavy atom. The molecule has 1 aromatic heterocycles. The molecule has 10 aromatic rings. The maximum Gasteiger partial charge on any atom is 0.145 e. The molecule has 1 heterocycles. The van der Waals surface area contributed by atoms with Crippen molar-refractivity contribution in [2.24, 2.45) is 0 Å². The quantitative estimate of drug-likeness (QED) is 0.177. The van der Waals surface area contributed by atoms with Crippen molar-refractivity contribution < 1.29 is 4.42 Å². The zero-order chi connectivity index (χ0) is 39.7. The van der Waals surface area contributed by atoms with E-state index in [0.717, 1.165) is 44.6 Å². The minimum absolute atomic E-state index is 0.134. The highest BCUT2D eigenvalue weighted by atomic mass is 16.3. The van der Waals surface area contributed by atoms with Crippen molar-refractivity contribution in [1.82, 2.24) is 0 Å². The molecule has 0 saturated carbocycles. The van der Waals surface area contributed by atoms with E-state index < -0.39 is 5.41 Å². The minimum atomic E-state index is -0.489. The molecule has 0 fully saturated rings. The van der Waals surface area contributed by atoms with Gasteiger partial charge >= 0.3 is 0 Å². The Morgan fingerprint density at radius 3 is 1.57 bits per heavy atom. The molecule has 0 bridgehead atoms. The molecule has 3 aliphatic rings. The Kier molecular flexibility index (Phi) is 6.74. The lowest BCUT2D eigenvalue weighted by atomic mass is 9.68. The van der Waals surface area contributed by atoms with Gasteiger partial charge in [0, 0.05) is 27.7 Å². The fourth-order valence-electron chi connectivity index (χ4n) is 11.4. The molecule has 13 rings (SSSR count). The molecule has 1 spiro atoms. The van der Waals surface area contributed by atoms with E-state index in [1.165, 1.54) is 72.3 Å². The van der Waals surface area contributed by atoms with E-state index in [4.69, 9.17) is 4.42 Å². The van der Waals surface area contributed by atoms with Gasteiger partial charge in [-0.2, -0.15) is 0 Å². The van der Waals surface area contributed by atoms with Crippen LogP contribution >= 0.6 is 0 Å². The second-order valence-electron chi connectivity index (χ2n) is 17.1. The number of furan rings is 1. The highest BCUT2D eigenvalue weighted by Crippen LogP contribution is 2.65. The van der Waals surface area contributed by atoms with Crippen LogP contribution in [0.5, 0.6) is 0 Å². The molecule has 0 unspecified atom stereocenters. The molecule has 0 aliphatic heterocycles. The number of fused-ring (bicyclic) bond motifs is 16. The largest absolute Gasteiger partial charge is 0.455 e. The van der Waals surface area contributed by atoms with Crippen molar-refractivity contribution in [2.75, 3.05) is 4.90 Å². The average molecular weight is 766 g/mol. The van der Waals surface area contributed by atoms with Crippen LogP contribution in [0.2, 0.25) is 0 Å². The Hall–Kier alpha value is -7.42. The lowest BCUT2D eigenvalue weighted by Crippen LogP contribution is -2.26. The Bertz CT molecular complexity index is 3360. The van der Waals surface area contributed by atoms with Crippen molar-refractivity contribution in [1.29, 1.82) is 0 Å². The monoisotopic (exact) mass is 765 g/mol. The van der Waals surface area contributed by atoms with Crippen molar-refractivity contribution in [3.8, 4) is 44.5 Å². The first kappa shape index (κ1) is 33.5. The van der Waals surface area contributed by atoms with Crippen molar-refractivity contribution in [3.05, 3.63) is 234 Å². The molecule has 9 aromatic carbocycles. The van der Waals surface area contributed by atoms with Crippen LogP contribution in [0, 0.1) is 0 Å². The molecule has 282 valence electrons. The summed E-state index contributed by atoms with van der Waals surface area (Å²) in [6.07, 6.45) is 0.